The second kappa shape index (κ2) is 12.4. The third-order valence-corrected chi connectivity index (χ3v) is 6.99. The van der Waals surface area contributed by atoms with Crippen molar-refractivity contribution in [2.24, 2.45) is 0 Å². The Labute approximate surface area is 251 Å². The largest absolute Gasteiger partial charge is 0.378 e. The number of ether oxygens (including phenoxy) is 1. The molecule has 1 saturated heterocycles. The molecule has 3 heterocycles. The Balaban J connectivity index is 1.29. The Kier molecular flexibility index (Phi) is 8.06. The van der Waals surface area contributed by atoms with Crippen molar-refractivity contribution in [2.45, 2.75) is 6.92 Å². The average Bonchev–Trinajstić information content (AvgIpc) is 3.03. The highest BCUT2D eigenvalue weighted by molar-refractivity contribution is 6.00. The second-order valence-electron chi connectivity index (χ2n) is 10.1. The first-order valence-electron chi connectivity index (χ1n) is 13.8. The number of aromatic nitrogens is 3. The lowest BCUT2D eigenvalue weighted by molar-refractivity contribution is -0.114. The highest BCUT2D eigenvalue weighted by Gasteiger charge is 2.21. The summed E-state index contributed by atoms with van der Waals surface area (Å²) in [4.78, 5) is 39.3. The molecule has 0 atom stereocenters. The minimum absolute atomic E-state index is 0.0451. The van der Waals surface area contributed by atoms with E-state index in [4.69, 9.17) is 14.7 Å². The van der Waals surface area contributed by atoms with Gasteiger partial charge in [0.25, 0.3) is 0 Å². The number of benzene rings is 3. The van der Waals surface area contributed by atoms with Crippen LogP contribution in [0, 0.1) is 11.6 Å². The highest BCUT2D eigenvalue weighted by atomic mass is 19.1. The number of urea groups is 1. The number of anilines is 4. The fraction of sp³-hybridized carbons (Fsp3) is 0.156. The van der Waals surface area contributed by atoms with Gasteiger partial charge in [-0.05, 0) is 60.7 Å². The molecule has 222 valence electrons. The van der Waals surface area contributed by atoms with Gasteiger partial charge < -0.3 is 25.6 Å². The molecule has 0 radical (unpaired) electrons. The molecule has 3 N–H and O–H groups in total. The monoisotopic (exact) mass is 595 g/mol. The highest BCUT2D eigenvalue weighted by Crippen LogP contribution is 2.34. The molecule has 3 amide bonds. The molecule has 0 bridgehead atoms. The first kappa shape index (κ1) is 28.6. The van der Waals surface area contributed by atoms with Crippen molar-refractivity contribution in [3.8, 4) is 22.5 Å². The predicted molar refractivity (Wildman–Crippen MR) is 165 cm³/mol. The van der Waals surface area contributed by atoms with Crippen LogP contribution in [-0.4, -0.2) is 53.2 Å². The number of hydrogen-bond acceptors (Lipinski definition) is 7. The number of morpholine rings is 1. The number of halogens is 2. The number of nitrogens with zero attached hydrogens (tertiary/aromatic N) is 4. The van der Waals surface area contributed by atoms with Gasteiger partial charge in [0.15, 0.2) is 5.82 Å². The molecule has 12 heteroatoms. The van der Waals surface area contributed by atoms with E-state index < -0.39 is 17.7 Å². The number of hydrogen-bond donors (Lipinski definition) is 3. The van der Waals surface area contributed by atoms with Crippen LogP contribution in [0.1, 0.15) is 6.92 Å². The summed E-state index contributed by atoms with van der Waals surface area (Å²) < 4.78 is 36.1. The molecule has 0 spiro atoms. The summed E-state index contributed by atoms with van der Waals surface area (Å²) in [6, 6.07) is 16.7. The number of nitrogens with one attached hydrogen (secondary N) is 3. The number of rotatable bonds is 6. The minimum atomic E-state index is -0.689. The normalized spacial score (nSPS) is 13.0. The van der Waals surface area contributed by atoms with E-state index in [1.165, 1.54) is 25.1 Å². The van der Waals surface area contributed by atoms with Crippen molar-refractivity contribution >= 4 is 45.7 Å². The van der Waals surface area contributed by atoms with Crippen molar-refractivity contribution in [3.63, 3.8) is 0 Å². The van der Waals surface area contributed by atoms with Crippen molar-refractivity contribution in [1.82, 2.24) is 15.0 Å². The number of pyridine rings is 1. The lowest BCUT2D eigenvalue weighted by Gasteiger charge is -2.29. The zero-order chi connectivity index (χ0) is 30.6. The summed E-state index contributed by atoms with van der Waals surface area (Å²) >= 11 is 0. The molecule has 6 rings (SSSR count). The molecule has 10 nitrogen and oxygen atoms in total. The van der Waals surface area contributed by atoms with E-state index >= 15 is 8.78 Å². The standard InChI is InChI=1S/C32H27F2N7O3/c1-19(42)36-22-5-7-23(8-6-22)37-32(43)39-28-9-4-20(15-27(28)34)30-38-29-17-24(21-3-2-10-35-18-21)26(33)16-25(29)31(40-30)41-11-13-44-14-12-41/h2-10,15-18H,11-14H2,1H3,(H,36,42)(H2,37,39,43). The van der Waals surface area contributed by atoms with Crippen molar-refractivity contribution < 1.29 is 23.1 Å². The van der Waals surface area contributed by atoms with E-state index in [0.29, 0.717) is 71.1 Å². The third-order valence-electron chi connectivity index (χ3n) is 6.99. The maximum Gasteiger partial charge on any atom is 0.323 e. The van der Waals surface area contributed by atoms with E-state index in [1.807, 2.05) is 4.90 Å². The van der Waals surface area contributed by atoms with Gasteiger partial charge in [0.2, 0.25) is 5.91 Å². The SMILES string of the molecule is CC(=O)Nc1ccc(NC(=O)Nc2ccc(-c3nc(N4CCOCC4)c4cc(F)c(-c5cccnc5)cc4n3)cc2F)cc1. The van der Waals surface area contributed by atoms with Gasteiger partial charge in [-0.25, -0.2) is 23.5 Å². The topological polar surface area (TPSA) is 121 Å². The van der Waals surface area contributed by atoms with E-state index in [-0.39, 0.29) is 17.4 Å². The quantitative estimate of drug-likeness (QED) is 0.218. The van der Waals surface area contributed by atoms with Crippen LogP contribution in [0.5, 0.6) is 0 Å². The van der Waals surface area contributed by atoms with Gasteiger partial charge in [-0.1, -0.05) is 6.07 Å². The summed E-state index contributed by atoms with van der Waals surface area (Å²) in [5.74, 6) is -0.560. The Morgan fingerprint density at radius 2 is 1.59 bits per heavy atom. The Morgan fingerprint density at radius 1 is 0.841 bits per heavy atom. The number of amides is 3. The molecule has 1 aliphatic heterocycles. The smallest absolute Gasteiger partial charge is 0.323 e. The van der Waals surface area contributed by atoms with Crippen molar-refractivity contribution in [1.29, 1.82) is 0 Å². The van der Waals surface area contributed by atoms with E-state index in [0.717, 1.165) is 0 Å². The Morgan fingerprint density at radius 3 is 2.27 bits per heavy atom. The molecule has 1 aliphatic rings. The molecule has 0 saturated carbocycles. The zero-order valence-corrected chi connectivity index (χ0v) is 23.6. The average molecular weight is 596 g/mol. The van der Waals surface area contributed by atoms with E-state index in [9.17, 15) is 9.59 Å². The van der Waals surface area contributed by atoms with Gasteiger partial charge in [-0.15, -0.1) is 0 Å². The second-order valence-corrected chi connectivity index (χ2v) is 10.1. The summed E-state index contributed by atoms with van der Waals surface area (Å²) in [5, 5.41) is 8.30. The van der Waals surface area contributed by atoms with Crippen LogP contribution in [-0.2, 0) is 9.53 Å². The molecule has 44 heavy (non-hydrogen) atoms. The Bertz CT molecular complexity index is 1850. The molecular formula is C32H27F2N7O3. The Hall–Kier alpha value is -5.49. The predicted octanol–water partition coefficient (Wildman–Crippen LogP) is 6.08. The number of carbonyl (C=O) groups is 2. The molecule has 5 aromatic rings. The van der Waals surface area contributed by atoms with Gasteiger partial charge in [-0.2, -0.15) is 0 Å². The van der Waals surface area contributed by atoms with Crippen molar-refractivity contribution in [3.05, 3.63) is 90.8 Å². The number of fused-ring (bicyclic) bond motifs is 1. The van der Waals surface area contributed by atoms with Gasteiger partial charge in [0.05, 0.1) is 24.4 Å². The van der Waals surface area contributed by atoms with Crippen molar-refractivity contribution in [2.75, 3.05) is 47.2 Å². The van der Waals surface area contributed by atoms with Crippen LogP contribution in [0.25, 0.3) is 33.4 Å². The lowest BCUT2D eigenvalue weighted by atomic mass is 10.0. The van der Waals surface area contributed by atoms with Crippen LogP contribution in [0.3, 0.4) is 0 Å². The third kappa shape index (κ3) is 6.30. The summed E-state index contributed by atoms with van der Waals surface area (Å²) in [6.07, 6.45) is 3.19. The lowest BCUT2D eigenvalue weighted by Crippen LogP contribution is -2.37. The van der Waals surface area contributed by atoms with Gasteiger partial charge >= 0.3 is 6.03 Å². The zero-order valence-electron chi connectivity index (χ0n) is 23.6. The molecule has 1 fully saturated rings. The van der Waals surface area contributed by atoms with Crippen LogP contribution < -0.4 is 20.9 Å². The molecule has 0 unspecified atom stereocenters. The van der Waals surface area contributed by atoms with Crippen LogP contribution in [0.15, 0.2) is 79.1 Å². The molecular weight excluding hydrogens is 568 g/mol. The summed E-state index contributed by atoms with van der Waals surface area (Å²) in [6.45, 7) is 3.50. The fourth-order valence-electron chi connectivity index (χ4n) is 4.90. The first-order chi connectivity index (χ1) is 21.3. The van der Waals surface area contributed by atoms with Gasteiger partial charge in [0.1, 0.15) is 17.5 Å². The van der Waals surface area contributed by atoms with E-state index in [1.54, 1.807) is 60.9 Å². The number of carbonyl (C=O) groups excluding carboxylic acids is 2. The molecule has 3 aromatic carbocycles. The minimum Gasteiger partial charge on any atom is -0.378 e. The fourth-order valence-corrected chi connectivity index (χ4v) is 4.90. The van der Waals surface area contributed by atoms with Crippen LogP contribution >= 0.6 is 0 Å². The summed E-state index contributed by atoms with van der Waals surface area (Å²) in [7, 11) is 0. The van der Waals surface area contributed by atoms with E-state index in [2.05, 4.69) is 20.9 Å². The van der Waals surface area contributed by atoms with Gasteiger partial charge in [-0.3, -0.25) is 9.78 Å². The van der Waals surface area contributed by atoms with Crippen LogP contribution in [0.4, 0.5) is 36.5 Å². The summed E-state index contributed by atoms with van der Waals surface area (Å²) in [5.41, 5.74) is 2.80. The maximum atomic E-state index is 15.3. The molecule has 2 aromatic heterocycles. The van der Waals surface area contributed by atoms with Crippen LogP contribution in [0.2, 0.25) is 0 Å². The van der Waals surface area contributed by atoms with Gasteiger partial charge in [0, 0.05) is 65.9 Å². The first-order valence-corrected chi connectivity index (χ1v) is 13.8. The molecule has 0 aliphatic carbocycles. The maximum absolute atomic E-state index is 15.3.